The predicted molar refractivity (Wildman–Crippen MR) is 115 cm³/mol. The normalized spacial score (nSPS) is 13.2. The highest BCUT2D eigenvalue weighted by Crippen LogP contribution is 2.16. The molecule has 2 N–H and O–H groups in total. The van der Waals surface area contributed by atoms with Gasteiger partial charge in [-0.15, -0.1) is 0 Å². The highest BCUT2D eigenvalue weighted by molar-refractivity contribution is 5.98. The summed E-state index contributed by atoms with van der Waals surface area (Å²) in [7, 11) is 1.22. The molecule has 0 spiro atoms. The van der Waals surface area contributed by atoms with Crippen molar-refractivity contribution in [2.24, 2.45) is 0 Å². The van der Waals surface area contributed by atoms with E-state index in [0.29, 0.717) is 12.8 Å². The van der Waals surface area contributed by atoms with Gasteiger partial charge in [-0.05, 0) is 45.4 Å². The molecular formula is C23H40O6. The summed E-state index contributed by atoms with van der Waals surface area (Å²) < 4.78 is 9.38. The number of carbonyl (C=O) groups excluding carboxylic acids is 2. The van der Waals surface area contributed by atoms with E-state index in [1.165, 1.54) is 26.4 Å². The molecule has 0 rings (SSSR count). The van der Waals surface area contributed by atoms with Crippen LogP contribution < -0.4 is 0 Å². The van der Waals surface area contributed by atoms with Crippen LogP contribution in [0.4, 0.5) is 0 Å². The zero-order valence-electron chi connectivity index (χ0n) is 18.5. The second-order valence-electron chi connectivity index (χ2n) is 7.20. The predicted octanol–water partition coefficient (Wildman–Crippen LogP) is 5.15. The lowest BCUT2D eigenvalue weighted by Crippen LogP contribution is -2.15. The first-order valence-corrected chi connectivity index (χ1v) is 11.0. The Balaban J connectivity index is 4.02. The third-order valence-corrected chi connectivity index (χ3v) is 4.70. The molecule has 0 aromatic heterocycles. The maximum atomic E-state index is 11.8. The minimum absolute atomic E-state index is 0.0289. The van der Waals surface area contributed by atoms with Crippen LogP contribution in [0, 0.1) is 0 Å². The maximum Gasteiger partial charge on any atom is 0.373 e. The summed E-state index contributed by atoms with van der Waals surface area (Å²) in [4.78, 5) is 23.4. The van der Waals surface area contributed by atoms with Gasteiger partial charge in [-0.2, -0.15) is 0 Å². The second kappa shape index (κ2) is 18.2. The Morgan fingerprint density at radius 1 is 0.931 bits per heavy atom. The molecule has 0 aliphatic rings. The zero-order chi connectivity index (χ0) is 21.9. The van der Waals surface area contributed by atoms with Gasteiger partial charge in [0.05, 0.1) is 25.4 Å². The second-order valence-corrected chi connectivity index (χ2v) is 7.20. The van der Waals surface area contributed by atoms with Gasteiger partial charge in [0.1, 0.15) is 0 Å². The first-order valence-electron chi connectivity index (χ1n) is 11.0. The molecule has 6 heteroatoms. The number of ether oxygens (including phenoxy) is 2. The number of rotatable bonds is 17. The Hall–Kier alpha value is -1.82. The number of carbonyl (C=O) groups is 2. The van der Waals surface area contributed by atoms with Crippen molar-refractivity contribution in [2.45, 2.75) is 97.0 Å². The van der Waals surface area contributed by atoms with Gasteiger partial charge in [0, 0.05) is 0 Å². The number of aliphatic hydroxyl groups is 2. The summed E-state index contributed by atoms with van der Waals surface area (Å²) in [6.45, 7) is 3.94. The van der Waals surface area contributed by atoms with Gasteiger partial charge in [-0.3, -0.25) is 0 Å². The molecule has 0 fully saturated rings. The zero-order valence-corrected chi connectivity index (χ0v) is 18.5. The standard InChI is InChI=1S/C23H40O6/c1-4-6-7-13-16-19(24)17-14-11-9-8-10-12-15-18-20(22(26)28-3)21(25)23(27)29-5-2/h11,14,19,24-25H,4-10,12-13,15-18H2,1-3H3/b14-11?,21-20-. The summed E-state index contributed by atoms with van der Waals surface area (Å²) in [5.74, 6) is -2.26. The molecule has 0 amide bonds. The van der Waals surface area contributed by atoms with Crippen molar-refractivity contribution in [3.05, 3.63) is 23.5 Å². The Morgan fingerprint density at radius 3 is 2.28 bits per heavy atom. The van der Waals surface area contributed by atoms with Gasteiger partial charge in [0.25, 0.3) is 0 Å². The molecule has 168 valence electrons. The average Bonchev–Trinajstić information content (AvgIpc) is 2.71. The van der Waals surface area contributed by atoms with Crippen molar-refractivity contribution in [1.82, 2.24) is 0 Å². The van der Waals surface area contributed by atoms with Gasteiger partial charge in [0.2, 0.25) is 5.76 Å². The minimum atomic E-state index is -0.898. The van der Waals surface area contributed by atoms with E-state index in [1.807, 2.05) is 0 Å². The van der Waals surface area contributed by atoms with Crippen LogP contribution in [0.2, 0.25) is 0 Å². The minimum Gasteiger partial charge on any atom is -0.501 e. The van der Waals surface area contributed by atoms with Crippen LogP contribution in [0.25, 0.3) is 0 Å². The largest absolute Gasteiger partial charge is 0.501 e. The fourth-order valence-electron chi connectivity index (χ4n) is 2.98. The molecule has 0 heterocycles. The SMILES string of the molecule is CCCCCCC(O)CC=CCCCCCC/C(C(=O)OC)=C(/O)C(=O)OCC. The van der Waals surface area contributed by atoms with Crippen molar-refractivity contribution in [1.29, 1.82) is 0 Å². The molecule has 1 unspecified atom stereocenters. The van der Waals surface area contributed by atoms with Gasteiger partial charge in [-0.1, -0.05) is 57.6 Å². The third-order valence-electron chi connectivity index (χ3n) is 4.70. The van der Waals surface area contributed by atoms with Gasteiger partial charge in [-0.25, -0.2) is 9.59 Å². The van der Waals surface area contributed by atoms with Crippen LogP contribution in [-0.2, 0) is 19.1 Å². The summed E-state index contributed by atoms with van der Waals surface area (Å²) in [6.07, 6.45) is 15.0. The molecule has 6 nitrogen and oxygen atoms in total. The number of methoxy groups -OCH3 is 1. The number of hydrogen-bond acceptors (Lipinski definition) is 6. The Morgan fingerprint density at radius 2 is 1.62 bits per heavy atom. The monoisotopic (exact) mass is 412 g/mol. The van der Waals surface area contributed by atoms with E-state index in [4.69, 9.17) is 4.74 Å². The Labute approximate surface area is 176 Å². The van der Waals surface area contributed by atoms with E-state index in [-0.39, 0.29) is 24.7 Å². The maximum absolute atomic E-state index is 11.8. The molecule has 0 aromatic carbocycles. The highest BCUT2D eigenvalue weighted by Gasteiger charge is 2.21. The number of esters is 2. The molecule has 0 aliphatic carbocycles. The first kappa shape index (κ1) is 27.2. The van der Waals surface area contributed by atoms with Crippen molar-refractivity contribution in [3.63, 3.8) is 0 Å². The van der Waals surface area contributed by atoms with E-state index in [1.54, 1.807) is 6.92 Å². The number of unbranched alkanes of at least 4 members (excludes halogenated alkanes) is 7. The Kier molecular flexibility index (Phi) is 17.1. The van der Waals surface area contributed by atoms with Crippen LogP contribution >= 0.6 is 0 Å². The summed E-state index contributed by atoms with van der Waals surface area (Å²) in [5.41, 5.74) is -0.0289. The quantitative estimate of drug-likeness (QED) is 0.113. The van der Waals surface area contributed by atoms with Crippen molar-refractivity contribution in [3.8, 4) is 0 Å². The van der Waals surface area contributed by atoms with Crippen LogP contribution in [0.1, 0.15) is 90.9 Å². The van der Waals surface area contributed by atoms with Crippen LogP contribution in [0.3, 0.4) is 0 Å². The van der Waals surface area contributed by atoms with Gasteiger partial charge < -0.3 is 19.7 Å². The average molecular weight is 413 g/mol. The van der Waals surface area contributed by atoms with Crippen molar-refractivity contribution in [2.75, 3.05) is 13.7 Å². The van der Waals surface area contributed by atoms with Gasteiger partial charge in [0.15, 0.2) is 0 Å². The van der Waals surface area contributed by atoms with Gasteiger partial charge >= 0.3 is 11.9 Å². The molecule has 0 bridgehead atoms. The molecule has 0 saturated carbocycles. The summed E-state index contributed by atoms with van der Waals surface area (Å²) in [5, 5.41) is 19.8. The van der Waals surface area contributed by atoms with Crippen molar-refractivity contribution < 1.29 is 29.3 Å². The smallest absolute Gasteiger partial charge is 0.373 e. The molecular weight excluding hydrogens is 372 g/mol. The van der Waals surface area contributed by atoms with Crippen LogP contribution in [0.15, 0.2) is 23.5 Å². The Bertz CT molecular complexity index is 509. The highest BCUT2D eigenvalue weighted by atomic mass is 16.5. The van der Waals surface area contributed by atoms with E-state index >= 15 is 0 Å². The van der Waals surface area contributed by atoms with E-state index in [9.17, 15) is 19.8 Å². The number of allylic oxidation sites excluding steroid dienone is 1. The lowest BCUT2D eigenvalue weighted by molar-refractivity contribution is -0.143. The van der Waals surface area contributed by atoms with Crippen LogP contribution in [-0.4, -0.2) is 42.0 Å². The van der Waals surface area contributed by atoms with E-state index in [0.717, 1.165) is 38.5 Å². The lowest BCUT2D eigenvalue weighted by atomic mass is 10.0. The topological polar surface area (TPSA) is 93.1 Å². The number of hydrogen-bond donors (Lipinski definition) is 2. The summed E-state index contributed by atoms with van der Waals surface area (Å²) >= 11 is 0. The first-order chi connectivity index (χ1) is 14.0. The molecule has 0 radical (unpaired) electrons. The number of aliphatic hydroxyl groups excluding tert-OH is 2. The lowest BCUT2D eigenvalue weighted by Gasteiger charge is -2.08. The van der Waals surface area contributed by atoms with E-state index in [2.05, 4.69) is 23.8 Å². The van der Waals surface area contributed by atoms with E-state index < -0.39 is 17.7 Å². The molecule has 29 heavy (non-hydrogen) atoms. The van der Waals surface area contributed by atoms with Crippen LogP contribution in [0.5, 0.6) is 0 Å². The third kappa shape index (κ3) is 13.9. The molecule has 0 aliphatic heterocycles. The molecule has 0 saturated heterocycles. The fourth-order valence-corrected chi connectivity index (χ4v) is 2.98. The molecule has 0 aromatic rings. The van der Waals surface area contributed by atoms with Crippen molar-refractivity contribution >= 4 is 11.9 Å². The fraction of sp³-hybridized carbons (Fsp3) is 0.739. The molecule has 1 atom stereocenters. The summed E-state index contributed by atoms with van der Waals surface area (Å²) in [6, 6.07) is 0.